The minimum Gasteiger partial charge on any atom is -0.267 e. The van der Waals surface area contributed by atoms with Gasteiger partial charge in [-0.3, -0.25) is 4.79 Å². The summed E-state index contributed by atoms with van der Waals surface area (Å²) in [4.78, 5) is 15.2. The van der Waals surface area contributed by atoms with Crippen LogP contribution in [-0.4, -0.2) is 15.0 Å². The number of fused-ring (bicyclic) bond motifs is 4. The molecule has 0 atom stereocenters. The molecule has 0 unspecified atom stereocenters. The van der Waals surface area contributed by atoms with Gasteiger partial charge < -0.3 is 0 Å². The van der Waals surface area contributed by atoms with Gasteiger partial charge in [-0.25, -0.2) is 4.68 Å². The molecular formula is C20H17N3OS. The van der Waals surface area contributed by atoms with Crippen molar-refractivity contribution in [3.8, 4) is 0 Å². The highest BCUT2D eigenvalue weighted by atomic mass is 32.1. The van der Waals surface area contributed by atoms with Gasteiger partial charge in [0.2, 0.25) is 0 Å². The standard InChI is InChI=1S/C20H17N3OS/c24-20-18-16-10-3-4-11-17(16)25-19(18)21-22-23(20)12-14-8-5-7-13-6-1-2-9-15(13)14/h1-2,5-9H,3-4,10-12H2. The maximum absolute atomic E-state index is 13.1. The van der Waals surface area contributed by atoms with E-state index in [1.165, 1.54) is 26.9 Å². The number of hydrogen-bond donors (Lipinski definition) is 0. The molecule has 4 nitrogen and oxygen atoms in total. The van der Waals surface area contributed by atoms with E-state index in [9.17, 15) is 4.79 Å². The van der Waals surface area contributed by atoms with E-state index in [-0.39, 0.29) is 5.56 Å². The van der Waals surface area contributed by atoms with Crippen LogP contribution in [0.5, 0.6) is 0 Å². The zero-order valence-corrected chi connectivity index (χ0v) is 14.6. The number of hydrogen-bond acceptors (Lipinski definition) is 4. The molecule has 0 bridgehead atoms. The molecule has 0 N–H and O–H groups in total. The molecular weight excluding hydrogens is 330 g/mol. The molecule has 4 aromatic rings. The van der Waals surface area contributed by atoms with Crippen LogP contribution in [0.3, 0.4) is 0 Å². The number of aromatic nitrogens is 3. The maximum Gasteiger partial charge on any atom is 0.279 e. The smallest absolute Gasteiger partial charge is 0.267 e. The van der Waals surface area contributed by atoms with Crippen molar-refractivity contribution in [1.82, 2.24) is 15.0 Å². The lowest BCUT2D eigenvalue weighted by atomic mass is 9.97. The molecule has 2 aromatic heterocycles. The summed E-state index contributed by atoms with van der Waals surface area (Å²) < 4.78 is 1.52. The van der Waals surface area contributed by atoms with Crippen molar-refractivity contribution < 1.29 is 0 Å². The fraction of sp³-hybridized carbons (Fsp3) is 0.250. The normalized spacial score (nSPS) is 14.1. The summed E-state index contributed by atoms with van der Waals surface area (Å²) in [5, 5.41) is 11.7. The van der Waals surface area contributed by atoms with Gasteiger partial charge in [0.1, 0.15) is 0 Å². The van der Waals surface area contributed by atoms with Crippen molar-refractivity contribution in [2.75, 3.05) is 0 Å². The molecule has 0 fully saturated rings. The van der Waals surface area contributed by atoms with E-state index in [4.69, 9.17) is 0 Å². The highest BCUT2D eigenvalue weighted by molar-refractivity contribution is 7.18. The lowest BCUT2D eigenvalue weighted by Crippen LogP contribution is -2.25. The second kappa shape index (κ2) is 5.77. The van der Waals surface area contributed by atoms with E-state index in [1.807, 2.05) is 18.2 Å². The molecule has 2 aromatic carbocycles. The summed E-state index contributed by atoms with van der Waals surface area (Å²) in [6.45, 7) is 0.452. The highest BCUT2D eigenvalue weighted by Gasteiger charge is 2.20. The summed E-state index contributed by atoms with van der Waals surface area (Å²) in [6, 6.07) is 14.4. The number of rotatable bonds is 2. The molecule has 0 radical (unpaired) electrons. The van der Waals surface area contributed by atoms with Crippen LogP contribution < -0.4 is 5.56 Å². The largest absolute Gasteiger partial charge is 0.279 e. The first-order valence-corrected chi connectivity index (χ1v) is 9.47. The van der Waals surface area contributed by atoms with Gasteiger partial charge in [0, 0.05) is 4.88 Å². The Labute approximate surface area is 148 Å². The summed E-state index contributed by atoms with van der Waals surface area (Å²) in [6.07, 6.45) is 4.42. The van der Waals surface area contributed by atoms with Gasteiger partial charge in [-0.1, -0.05) is 47.7 Å². The van der Waals surface area contributed by atoms with Crippen molar-refractivity contribution in [3.05, 3.63) is 68.8 Å². The van der Waals surface area contributed by atoms with Crippen molar-refractivity contribution in [2.24, 2.45) is 0 Å². The van der Waals surface area contributed by atoms with Crippen LogP contribution in [0.2, 0.25) is 0 Å². The topological polar surface area (TPSA) is 47.8 Å². The summed E-state index contributed by atoms with van der Waals surface area (Å²) in [7, 11) is 0. The monoisotopic (exact) mass is 347 g/mol. The van der Waals surface area contributed by atoms with Gasteiger partial charge in [0.25, 0.3) is 5.56 Å². The molecule has 5 heteroatoms. The molecule has 0 aliphatic heterocycles. The lowest BCUT2D eigenvalue weighted by Gasteiger charge is -2.10. The zero-order valence-electron chi connectivity index (χ0n) is 13.7. The predicted octanol–water partition coefficient (Wildman–Crippen LogP) is 3.93. The number of nitrogens with zero attached hydrogens (tertiary/aromatic N) is 3. The van der Waals surface area contributed by atoms with Crippen molar-refractivity contribution in [1.29, 1.82) is 0 Å². The second-order valence-electron chi connectivity index (χ2n) is 6.58. The third-order valence-corrected chi connectivity index (χ3v) is 6.22. The van der Waals surface area contributed by atoms with Crippen LogP contribution in [0.4, 0.5) is 0 Å². The molecule has 2 heterocycles. The molecule has 0 spiro atoms. The van der Waals surface area contributed by atoms with Crippen molar-refractivity contribution in [3.63, 3.8) is 0 Å². The molecule has 5 rings (SSSR count). The van der Waals surface area contributed by atoms with Crippen LogP contribution in [0, 0.1) is 0 Å². The third kappa shape index (κ3) is 2.38. The Kier molecular flexibility index (Phi) is 3.41. The maximum atomic E-state index is 13.1. The first-order chi connectivity index (χ1) is 12.3. The first kappa shape index (κ1) is 14.8. The van der Waals surface area contributed by atoms with Crippen LogP contribution in [0.15, 0.2) is 47.3 Å². The summed E-state index contributed by atoms with van der Waals surface area (Å²) >= 11 is 1.64. The molecule has 0 amide bonds. The quantitative estimate of drug-likeness (QED) is 0.552. The Morgan fingerprint density at radius 2 is 1.88 bits per heavy atom. The van der Waals surface area contributed by atoms with Crippen LogP contribution in [0.25, 0.3) is 21.0 Å². The lowest BCUT2D eigenvalue weighted by molar-refractivity contribution is 0.603. The Morgan fingerprint density at radius 1 is 1.04 bits per heavy atom. The molecule has 0 saturated carbocycles. The minimum atomic E-state index is -0.00247. The molecule has 1 aliphatic carbocycles. The Hall–Kier alpha value is -2.53. The van der Waals surface area contributed by atoms with Crippen LogP contribution in [-0.2, 0) is 19.4 Å². The fourth-order valence-corrected chi connectivity index (χ4v) is 5.00. The van der Waals surface area contributed by atoms with E-state index in [0.29, 0.717) is 6.54 Å². The van der Waals surface area contributed by atoms with E-state index < -0.39 is 0 Å². The van der Waals surface area contributed by atoms with Gasteiger partial charge >= 0.3 is 0 Å². The Balaban J connectivity index is 1.66. The predicted molar refractivity (Wildman–Crippen MR) is 101 cm³/mol. The third-order valence-electron chi connectivity index (χ3n) is 5.04. The second-order valence-corrected chi connectivity index (χ2v) is 7.67. The van der Waals surface area contributed by atoms with Gasteiger partial charge in [-0.2, -0.15) is 0 Å². The minimum absolute atomic E-state index is 0.00247. The number of benzene rings is 2. The van der Waals surface area contributed by atoms with Crippen molar-refractivity contribution in [2.45, 2.75) is 32.2 Å². The van der Waals surface area contributed by atoms with Gasteiger partial charge in [-0.05, 0) is 47.6 Å². The average Bonchev–Trinajstić information content (AvgIpc) is 3.03. The van der Waals surface area contributed by atoms with E-state index >= 15 is 0 Å². The molecule has 1 aliphatic rings. The van der Waals surface area contributed by atoms with E-state index in [2.05, 4.69) is 34.6 Å². The van der Waals surface area contributed by atoms with E-state index in [0.717, 1.165) is 40.4 Å². The highest BCUT2D eigenvalue weighted by Crippen LogP contribution is 2.33. The van der Waals surface area contributed by atoms with Gasteiger partial charge in [-0.15, -0.1) is 16.4 Å². The molecule has 124 valence electrons. The zero-order chi connectivity index (χ0) is 16.8. The first-order valence-electron chi connectivity index (χ1n) is 8.66. The SMILES string of the molecule is O=c1c2c3c(sc2nnn1Cc1cccc2ccccc12)CCCC3. The Morgan fingerprint density at radius 3 is 2.84 bits per heavy atom. The van der Waals surface area contributed by atoms with Crippen molar-refractivity contribution >= 4 is 32.3 Å². The summed E-state index contributed by atoms with van der Waals surface area (Å²) in [5.41, 5.74) is 2.31. The number of aryl methyl sites for hydroxylation is 2. The van der Waals surface area contributed by atoms with Crippen LogP contribution in [0.1, 0.15) is 28.8 Å². The average molecular weight is 347 g/mol. The number of thiophene rings is 1. The molecule has 25 heavy (non-hydrogen) atoms. The van der Waals surface area contributed by atoms with Gasteiger partial charge in [0.15, 0.2) is 4.83 Å². The van der Waals surface area contributed by atoms with Gasteiger partial charge in [0.05, 0.1) is 11.9 Å². The molecule has 0 saturated heterocycles. The summed E-state index contributed by atoms with van der Waals surface area (Å²) in [5.74, 6) is 0. The fourth-order valence-electron chi connectivity index (χ4n) is 3.80. The van der Waals surface area contributed by atoms with E-state index in [1.54, 1.807) is 11.3 Å². The van der Waals surface area contributed by atoms with Crippen LogP contribution >= 0.6 is 11.3 Å². The Bertz CT molecular complexity index is 1150.